The summed E-state index contributed by atoms with van der Waals surface area (Å²) in [6.07, 6.45) is 0.561. The summed E-state index contributed by atoms with van der Waals surface area (Å²) in [5, 5.41) is 2.99. The van der Waals surface area contributed by atoms with Crippen LogP contribution in [0.2, 0.25) is 0 Å². The van der Waals surface area contributed by atoms with Crippen molar-refractivity contribution in [2.24, 2.45) is 11.1 Å². The van der Waals surface area contributed by atoms with Gasteiger partial charge in [0.15, 0.2) is 0 Å². The number of nitrogens with one attached hydrogen (secondary N) is 1. The number of likely N-dealkylation sites (N-methyl/N-ethyl adjacent to an activating group) is 1. The number of para-hydroxylation sites is 1. The van der Waals surface area contributed by atoms with Crippen LogP contribution in [0.3, 0.4) is 0 Å². The van der Waals surface area contributed by atoms with Gasteiger partial charge in [-0.2, -0.15) is 0 Å². The highest BCUT2D eigenvalue weighted by molar-refractivity contribution is 5.88. The summed E-state index contributed by atoms with van der Waals surface area (Å²) in [6.45, 7) is 8.40. The van der Waals surface area contributed by atoms with E-state index in [-0.39, 0.29) is 36.8 Å². The van der Waals surface area contributed by atoms with Crippen LogP contribution in [-0.2, 0) is 16.1 Å². The average molecular weight is 436 g/mol. The molecule has 1 amide bonds. The van der Waals surface area contributed by atoms with Crippen molar-refractivity contribution in [3.8, 4) is 5.75 Å². The van der Waals surface area contributed by atoms with Crippen LogP contribution in [0.1, 0.15) is 32.8 Å². The lowest BCUT2D eigenvalue weighted by molar-refractivity contribution is -0.170. The molecule has 1 aliphatic carbocycles. The van der Waals surface area contributed by atoms with Crippen LogP contribution < -0.4 is 15.8 Å². The Kier molecular flexibility index (Phi) is 10.8. The van der Waals surface area contributed by atoms with E-state index in [1.807, 2.05) is 59.1 Å². The number of amides is 1. The minimum absolute atomic E-state index is 0. The van der Waals surface area contributed by atoms with Crippen molar-refractivity contribution in [3.63, 3.8) is 0 Å². The second-order valence-electron chi connectivity index (χ2n) is 7.78. The zero-order valence-electron chi connectivity index (χ0n) is 17.5. The molecule has 1 fully saturated rings. The summed E-state index contributed by atoms with van der Waals surface area (Å²) in [6, 6.07) is 7.76. The fraction of sp³-hybridized carbons (Fsp3) is 0.650. The number of carbonyl (C=O) groups is 1. The predicted molar refractivity (Wildman–Crippen MR) is 118 cm³/mol. The maximum absolute atomic E-state index is 12.8. The maximum atomic E-state index is 12.8. The Morgan fingerprint density at radius 2 is 1.93 bits per heavy atom. The first-order chi connectivity index (χ1) is 12.2. The molecule has 6 nitrogen and oxygen atoms in total. The topological polar surface area (TPSA) is 76.8 Å². The van der Waals surface area contributed by atoms with Gasteiger partial charge in [-0.15, -0.1) is 24.8 Å². The van der Waals surface area contributed by atoms with Crippen LogP contribution in [-0.4, -0.2) is 56.3 Å². The van der Waals surface area contributed by atoms with E-state index in [4.69, 9.17) is 15.2 Å². The van der Waals surface area contributed by atoms with Gasteiger partial charge in [-0.05, 0) is 27.1 Å². The van der Waals surface area contributed by atoms with E-state index in [9.17, 15) is 4.79 Å². The van der Waals surface area contributed by atoms with E-state index in [2.05, 4.69) is 10.2 Å². The molecule has 1 aromatic carbocycles. The van der Waals surface area contributed by atoms with Crippen molar-refractivity contribution < 1.29 is 14.3 Å². The van der Waals surface area contributed by atoms with Gasteiger partial charge in [0, 0.05) is 37.1 Å². The molecular formula is C20H35Cl2N3O3. The molecule has 2 rings (SSSR count). The number of carbonyl (C=O) groups excluding carboxylic acids is 1. The van der Waals surface area contributed by atoms with E-state index in [1.54, 1.807) is 0 Å². The third-order valence-corrected chi connectivity index (χ3v) is 5.44. The third kappa shape index (κ3) is 5.74. The van der Waals surface area contributed by atoms with Crippen molar-refractivity contribution in [2.75, 3.05) is 33.9 Å². The average Bonchev–Trinajstić information content (AvgIpc) is 2.59. The number of rotatable bonds is 9. The lowest BCUT2D eigenvalue weighted by Crippen LogP contribution is -2.75. The Labute approximate surface area is 181 Å². The van der Waals surface area contributed by atoms with Crippen molar-refractivity contribution >= 4 is 30.7 Å². The molecule has 1 aromatic rings. The van der Waals surface area contributed by atoms with Crippen LogP contribution in [0.15, 0.2) is 24.3 Å². The monoisotopic (exact) mass is 435 g/mol. The van der Waals surface area contributed by atoms with Gasteiger partial charge in [-0.3, -0.25) is 4.79 Å². The molecule has 0 heterocycles. The molecule has 0 radical (unpaired) electrons. The van der Waals surface area contributed by atoms with E-state index in [0.29, 0.717) is 26.2 Å². The van der Waals surface area contributed by atoms with Crippen molar-refractivity contribution in [3.05, 3.63) is 29.8 Å². The lowest BCUT2D eigenvalue weighted by atomic mass is 9.54. The number of ether oxygens (including phenoxy) is 2. The number of hydrogen-bond donors (Lipinski definition) is 2. The molecule has 1 aliphatic rings. The molecule has 2 unspecified atom stereocenters. The second kappa shape index (κ2) is 11.2. The first kappa shape index (κ1) is 27.0. The minimum atomic E-state index is -0.909. The van der Waals surface area contributed by atoms with Crippen LogP contribution in [0.25, 0.3) is 0 Å². The zero-order valence-corrected chi connectivity index (χ0v) is 19.1. The van der Waals surface area contributed by atoms with Crippen molar-refractivity contribution in [1.29, 1.82) is 0 Å². The van der Waals surface area contributed by atoms with Gasteiger partial charge < -0.3 is 25.4 Å². The standard InChI is InChI=1S/C20H33N3O3.2ClH/c1-6-25-17-13-20(21,19(17,2)3)18(24)22-14-15-9-7-8-10-16(15)26-12-11-23(4)5;;/h7-10,17H,6,11-14,21H2,1-5H3,(H,22,24);2*1H. The molecule has 3 N–H and O–H groups in total. The van der Waals surface area contributed by atoms with Crippen LogP contribution in [0.4, 0.5) is 0 Å². The fourth-order valence-corrected chi connectivity index (χ4v) is 3.28. The number of benzene rings is 1. The van der Waals surface area contributed by atoms with E-state index in [0.717, 1.165) is 17.9 Å². The van der Waals surface area contributed by atoms with Gasteiger partial charge in [0.05, 0.1) is 6.10 Å². The van der Waals surface area contributed by atoms with Gasteiger partial charge >= 0.3 is 0 Å². The summed E-state index contributed by atoms with van der Waals surface area (Å²) in [4.78, 5) is 14.8. The second-order valence-corrected chi connectivity index (χ2v) is 7.78. The lowest BCUT2D eigenvalue weighted by Gasteiger charge is -2.57. The maximum Gasteiger partial charge on any atom is 0.241 e. The van der Waals surface area contributed by atoms with E-state index < -0.39 is 11.0 Å². The molecule has 28 heavy (non-hydrogen) atoms. The van der Waals surface area contributed by atoms with E-state index in [1.165, 1.54) is 0 Å². The minimum Gasteiger partial charge on any atom is -0.492 e. The van der Waals surface area contributed by atoms with Crippen LogP contribution in [0.5, 0.6) is 5.75 Å². The molecule has 1 saturated carbocycles. The van der Waals surface area contributed by atoms with Crippen LogP contribution in [0, 0.1) is 5.41 Å². The van der Waals surface area contributed by atoms with Gasteiger partial charge in [-0.1, -0.05) is 32.0 Å². The smallest absolute Gasteiger partial charge is 0.241 e. The van der Waals surface area contributed by atoms with Gasteiger partial charge in [-0.25, -0.2) is 0 Å². The molecule has 0 spiro atoms. The SMILES string of the molecule is CCOC1CC(N)(C(=O)NCc2ccccc2OCCN(C)C)C1(C)C.Cl.Cl. The highest BCUT2D eigenvalue weighted by Crippen LogP contribution is 2.49. The summed E-state index contributed by atoms with van der Waals surface area (Å²) >= 11 is 0. The first-order valence-electron chi connectivity index (χ1n) is 9.26. The molecule has 8 heteroatoms. The van der Waals surface area contributed by atoms with Crippen molar-refractivity contribution in [1.82, 2.24) is 10.2 Å². The number of nitrogens with zero attached hydrogens (tertiary/aromatic N) is 1. The Bertz CT molecular complexity index is 628. The zero-order chi connectivity index (χ0) is 19.4. The highest BCUT2D eigenvalue weighted by atomic mass is 35.5. The Hall–Kier alpha value is -1.05. The quantitative estimate of drug-likeness (QED) is 0.623. The molecule has 0 saturated heterocycles. The molecule has 0 bridgehead atoms. The predicted octanol–water partition coefficient (Wildman–Crippen LogP) is 2.62. The number of halogens is 2. The summed E-state index contributed by atoms with van der Waals surface area (Å²) in [5.41, 5.74) is 6.07. The summed E-state index contributed by atoms with van der Waals surface area (Å²) in [5.74, 6) is 0.655. The highest BCUT2D eigenvalue weighted by Gasteiger charge is 2.62. The Morgan fingerprint density at radius 3 is 2.50 bits per heavy atom. The van der Waals surface area contributed by atoms with Crippen molar-refractivity contribution in [2.45, 2.75) is 45.4 Å². The third-order valence-electron chi connectivity index (χ3n) is 5.44. The number of nitrogens with two attached hydrogens (primary N) is 1. The van der Waals surface area contributed by atoms with Crippen LogP contribution >= 0.6 is 24.8 Å². The molecule has 2 atom stereocenters. The van der Waals surface area contributed by atoms with Gasteiger partial charge in [0.25, 0.3) is 0 Å². The Balaban J connectivity index is 0.00000364. The van der Waals surface area contributed by atoms with Gasteiger partial charge in [0.1, 0.15) is 17.9 Å². The largest absolute Gasteiger partial charge is 0.492 e. The van der Waals surface area contributed by atoms with E-state index >= 15 is 0 Å². The summed E-state index contributed by atoms with van der Waals surface area (Å²) < 4.78 is 11.6. The molecule has 162 valence electrons. The fourth-order valence-electron chi connectivity index (χ4n) is 3.28. The first-order valence-corrected chi connectivity index (χ1v) is 9.26. The Morgan fingerprint density at radius 1 is 1.29 bits per heavy atom. The molecule has 0 aromatic heterocycles. The molecular weight excluding hydrogens is 401 g/mol. The number of hydrogen-bond acceptors (Lipinski definition) is 5. The van der Waals surface area contributed by atoms with Gasteiger partial charge in [0.2, 0.25) is 5.91 Å². The molecule has 0 aliphatic heterocycles. The normalized spacial score (nSPS) is 22.5. The summed E-state index contributed by atoms with van der Waals surface area (Å²) in [7, 11) is 4.01.